The Kier molecular flexibility index (Phi) is 8.40. The second-order valence-electron chi connectivity index (χ2n) is 5.97. The molecule has 0 saturated carbocycles. The molecule has 6 heteroatoms. The van der Waals surface area contributed by atoms with E-state index < -0.39 is 17.9 Å². The standard InChI is InChI=1S/C16H24ClNO3.ClH/c1-5-13(15(19)20)14(18)10-6-11(8-12(17)7-10)16(2,3)9-21-4;/h6-8,13-14H,5,9,18H2,1-4H3,(H,19,20);1H/t13-,14?;/m0./s1. The van der Waals surface area contributed by atoms with E-state index >= 15 is 0 Å². The van der Waals surface area contributed by atoms with Gasteiger partial charge in [0.2, 0.25) is 0 Å². The normalized spacial score (nSPS) is 14.1. The van der Waals surface area contributed by atoms with E-state index in [0.717, 1.165) is 11.1 Å². The maximum Gasteiger partial charge on any atom is 0.308 e. The average molecular weight is 350 g/mol. The molecule has 126 valence electrons. The zero-order valence-corrected chi connectivity index (χ0v) is 15.0. The van der Waals surface area contributed by atoms with Gasteiger partial charge in [-0.1, -0.05) is 38.4 Å². The lowest BCUT2D eigenvalue weighted by Crippen LogP contribution is -2.29. The molecule has 0 heterocycles. The Hall–Kier alpha value is -0.810. The Morgan fingerprint density at radius 3 is 2.45 bits per heavy atom. The Balaban J connectivity index is 0.00000441. The van der Waals surface area contributed by atoms with Crippen LogP contribution in [0.15, 0.2) is 18.2 Å². The topological polar surface area (TPSA) is 72.5 Å². The van der Waals surface area contributed by atoms with Crippen LogP contribution in [0.4, 0.5) is 0 Å². The molecule has 0 bridgehead atoms. The summed E-state index contributed by atoms with van der Waals surface area (Å²) in [7, 11) is 1.65. The summed E-state index contributed by atoms with van der Waals surface area (Å²) in [6.07, 6.45) is 0.472. The zero-order chi connectivity index (χ0) is 16.2. The number of hydrogen-bond donors (Lipinski definition) is 2. The summed E-state index contributed by atoms with van der Waals surface area (Å²) in [5.41, 5.74) is 7.65. The molecule has 1 unspecified atom stereocenters. The highest BCUT2D eigenvalue weighted by molar-refractivity contribution is 6.30. The van der Waals surface area contributed by atoms with Crippen LogP contribution in [0.5, 0.6) is 0 Å². The number of carbonyl (C=O) groups is 1. The van der Waals surface area contributed by atoms with E-state index in [1.165, 1.54) is 0 Å². The van der Waals surface area contributed by atoms with Crippen LogP contribution in [0.1, 0.15) is 44.4 Å². The molecular weight excluding hydrogens is 325 g/mol. The number of carboxylic acid groups (broad SMARTS) is 1. The first-order valence-corrected chi connectivity index (χ1v) is 7.39. The van der Waals surface area contributed by atoms with Gasteiger partial charge in [-0.15, -0.1) is 12.4 Å². The maximum atomic E-state index is 11.3. The van der Waals surface area contributed by atoms with Gasteiger partial charge in [-0.25, -0.2) is 0 Å². The van der Waals surface area contributed by atoms with Crippen molar-refractivity contribution in [1.82, 2.24) is 0 Å². The SMILES string of the molecule is CC[C@H](C(=O)O)C(N)c1cc(Cl)cc(C(C)(C)COC)c1.Cl. The number of rotatable bonds is 7. The number of hydrogen-bond acceptors (Lipinski definition) is 3. The second kappa shape index (κ2) is 8.73. The van der Waals surface area contributed by atoms with Gasteiger partial charge in [0.15, 0.2) is 0 Å². The number of nitrogens with two attached hydrogens (primary N) is 1. The number of methoxy groups -OCH3 is 1. The molecule has 3 N–H and O–H groups in total. The summed E-state index contributed by atoms with van der Waals surface area (Å²) in [5, 5.41) is 9.81. The van der Waals surface area contributed by atoms with Crippen molar-refractivity contribution in [3.8, 4) is 0 Å². The van der Waals surface area contributed by atoms with Crippen molar-refractivity contribution in [2.24, 2.45) is 11.7 Å². The third kappa shape index (κ3) is 5.13. The molecule has 0 amide bonds. The van der Waals surface area contributed by atoms with Crippen molar-refractivity contribution in [3.05, 3.63) is 34.3 Å². The molecule has 0 aliphatic rings. The summed E-state index contributed by atoms with van der Waals surface area (Å²) in [6.45, 7) is 6.45. The Labute approximate surface area is 143 Å². The predicted molar refractivity (Wildman–Crippen MR) is 91.9 cm³/mol. The molecule has 1 aromatic rings. The van der Waals surface area contributed by atoms with Crippen LogP contribution in [0, 0.1) is 5.92 Å². The fourth-order valence-electron chi connectivity index (χ4n) is 2.45. The van der Waals surface area contributed by atoms with Crippen LogP contribution >= 0.6 is 24.0 Å². The molecule has 1 rings (SSSR count). The zero-order valence-electron chi connectivity index (χ0n) is 13.4. The van der Waals surface area contributed by atoms with Gasteiger partial charge in [-0.05, 0) is 29.7 Å². The number of carboxylic acids is 1. The van der Waals surface area contributed by atoms with Crippen LogP contribution in [0.25, 0.3) is 0 Å². The molecule has 1 aromatic carbocycles. The minimum atomic E-state index is -0.886. The fourth-order valence-corrected chi connectivity index (χ4v) is 2.70. The van der Waals surface area contributed by atoms with Gasteiger partial charge < -0.3 is 15.6 Å². The largest absolute Gasteiger partial charge is 0.481 e. The lowest BCUT2D eigenvalue weighted by atomic mass is 9.82. The van der Waals surface area contributed by atoms with E-state index in [1.807, 2.05) is 32.9 Å². The number of halogens is 2. The Bertz CT molecular complexity index is 506. The summed E-state index contributed by atoms with van der Waals surface area (Å²) in [4.78, 5) is 11.3. The van der Waals surface area contributed by atoms with Crippen molar-refractivity contribution >= 4 is 30.0 Å². The molecule has 0 spiro atoms. The smallest absolute Gasteiger partial charge is 0.308 e. The first-order valence-electron chi connectivity index (χ1n) is 7.01. The molecule has 0 saturated heterocycles. The first-order chi connectivity index (χ1) is 9.72. The van der Waals surface area contributed by atoms with Gasteiger partial charge in [0.1, 0.15) is 0 Å². The maximum absolute atomic E-state index is 11.3. The molecule has 0 fully saturated rings. The van der Waals surface area contributed by atoms with Gasteiger partial charge in [-0.2, -0.15) is 0 Å². The van der Waals surface area contributed by atoms with E-state index in [9.17, 15) is 9.90 Å². The first kappa shape index (κ1) is 21.2. The lowest BCUT2D eigenvalue weighted by Gasteiger charge is -2.27. The van der Waals surface area contributed by atoms with Gasteiger partial charge in [0, 0.05) is 23.6 Å². The third-order valence-electron chi connectivity index (χ3n) is 3.78. The van der Waals surface area contributed by atoms with Crippen molar-refractivity contribution in [1.29, 1.82) is 0 Å². The van der Waals surface area contributed by atoms with Crippen molar-refractivity contribution < 1.29 is 14.6 Å². The molecule has 0 radical (unpaired) electrons. The van der Waals surface area contributed by atoms with E-state index in [0.29, 0.717) is 18.1 Å². The third-order valence-corrected chi connectivity index (χ3v) is 4.00. The summed E-state index contributed by atoms with van der Waals surface area (Å²) >= 11 is 6.18. The van der Waals surface area contributed by atoms with Crippen molar-refractivity contribution in [2.45, 2.75) is 38.6 Å². The highest BCUT2D eigenvalue weighted by Gasteiger charge is 2.27. The number of benzene rings is 1. The molecular formula is C16H25Cl2NO3. The average Bonchev–Trinajstić information content (AvgIpc) is 2.38. The molecule has 22 heavy (non-hydrogen) atoms. The number of aliphatic carboxylic acids is 1. The van der Waals surface area contributed by atoms with Crippen LogP contribution < -0.4 is 5.73 Å². The van der Waals surface area contributed by atoms with E-state index in [4.69, 9.17) is 22.1 Å². The van der Waals surface area contributed by atoms with E-state index in [1.54, 1.807) is 13.2 Å². The Morgan fingerprint density at radius 2 is 2.00 bits per heavy atom. The van der Waals surface area contributed by atoms with Gasteiger partial charge in [0.25, 0.3) is 0 Å². The minimum Gasteiger partial charge on any atom is -0.481 e. The molecule has 4 nitrogen and oxygen atoms in total. The van der Waals surface area contributed by atoms with Gasteiger partial charge in [0.05, 0.1) is 12.5 Å². The fraction of sp³-hybridized carbons (Fsp3) is 0.562. The lowest BCUT2D eigenvalue weighted by molar-refractivity contribution is -0.142. The Morgan fingerprint density at radius 1 is 1.41 bits per heavy atom. The summed E-state index contributed by atoms with van der Waals surface area (Å²) in [5.74, 6) is -1.51. The second-order valence-corrected chi connectivity index (χ2v) is 6.41. The van der Waals surface area contributed by atoms with E-state index in [-0.39, 0.29) is 17.8 Å². The van der Waals surface area contributed by atoms with Crippen LogP contribution in [0.2, 0.25) is 5.02 Å². The molecule has 0 aromatic heterocycles. The van der Waals surface area contributed by atoms with Gasteiger partial charge in [-0.3, -0.25) is 4.79 Å². The van der Waals surface area contributed by atoms with Gasteiger partial charge >= 0.3 is 5.97 Å². The summed E-state index contributed by atoms with van der Waals surface area (Å²) < 4.78 is 5.24. The quantitative estimate of drug-likeness (QED) is 0.785. The van der Waals surface area contributed by atoms with Crippen LogP contribution in [0.3, 0.4) is 0 Å². The number of ether oxygens (including phenoxy) is 1. The summed E-state index contributed by atoms with van der Waals surface area (Å²) in [6, 6.07) is 4.97. The molecule has 0 aliphatic carbocycles. The van der Waals surface area contributed by atoms with Crippen LogP contribution in [-0.2, 0) is 14.9 Å². The van der Waals surface area contributed by atoms with E-state index in [2.05, 4.69) is 0 Å². The minimum absolute atomic E-state index is 0. The monoisotopic (exact) mass is 349 g/mol. The highest BCUT2D eigenvalue weighted by Crippen LogP contribution is 2.31. The predicted octanol–water partition coefficient (Wildman–Crippen LogP) is 3.80. The van der Waals surface area contributed by atoms with Crippen molar-refractivity contribution in [2.75, 3.05) is 13.7 Å². The van der Waals surface area contributed by atoms with Crippen LogP contribution in [-0.4, -0.2) is 24.8 Å². The highest BCUT2D eigenvalue weighted by atomic mass is 35.5. The van der Waals surface area contributed by atoms with Crippen molar-refractivity contribution in [3.63, 3.8) is 0 Å². The molecule has 2 atom stereocenters. The molecule has 0 aliphatic heterocycles.